The third kappa shape index (κ3) is 12.2. The molecule has 1 aliphatic heterocycles. The van der Waals surface area contributed by atoms with E-state index < -0.39 is 31.0 Å². The molecule has 0 aliphatic carbocycles. The number of aliphatic imine (C=N–C) groups is 1. The molecule has 0 spiro atoms. The fourth-order valence-electron chi connectivity index (χ4n) is 4.17. The van der Waals surface area contributed by atoms with Crippen LogP contribution >= 0.6 is 7.82 Å². The molecule has 10 heteroatoms. The van der Waals surface area contributed by atoms with Crippen molar-refractivity contribution in [1.82, 2.24) is 0 Å². The maximum absolute atomic E-state index is 13.9. The number of rotatable bonds is 16. The van der Waals surface area contributed by atoms with Crippen LogP contribution in [0.2, 0.25) is 0 Å². The van der Waals surface area contributed by atoms with Crippen LogP contribution < -0.4 is 4.74 Å². The molecule has 1 atom stereocenters. The summed E-state index contributed by atoms with van der Waals surface area (Å²) in [6.07, 6.45) is 3.52. The van der Waals surface area contributed by atoms with Crippen molar-refractivity contribution in [3.8, 4) is 5.75 Å². The zero-order valence-corrected chi connectivity index (χ0v) is 25.9. The van der Waals surface area contributed by atoms with Gasteiger partial charge in [-0.05, 0) is 78.5 Å². The Kier molecular flexibility index (Phi) is 12.4. The summed E-state index contributed by atoms with van der Waals surface area (Å²) in [6, 6.07) is 4.91. The zero-order valence-electron chi connectivity index (χ0n) is 25.0. The molecule has 1 aromatic carbocycles. The van der Waals surface area contributed by atoms with Crippen LogP contribution in [0.5, 0.6) is 5.75 Å². The highest BCUT2D eigenvalue weighted by molar-refractivity contribution is 7.48. The Morgan fingerprint density at radius 2 is 1.69 bits per heavy atom. The fraction of sp³-hybridized carbons (Fsp3) is 0.759. The van der Waals surface area contributed by atoms with Crippen LogP contribution in [0.15, 0.2) is 23.2 Å². The molecular formula is C29H48F2NO6P. The second-order valence-corrected chi connectivity index (χ2v) is 13.7. The fourth-order valence-corrected chi connectivity index (χ4v) is 6.06. The topological polar surface area (TPSA) is 75.6 Å². The maximum atomic E-state index is 13.9. The van der Waals surface area contributed by atoms with Crippen LogP contribution in [0.1, 0.15) is 111 Å². The Morgan fingerprint density at radius 3 is 2.23 bits per heavy atom. The number of hydrogen-bond donors (Lipinski definition) is 0. The number of aryl methyl sites for hydroxylation is 1. The number of alkyl halides is 2. The van der Waals surface area contributed by atoms with Gasteiger partial charge < -0.3 is 9.47 Å². The van der Waals surface area contributed by atoms with Crippen LogP contribution in [-0.2, 0) is 29.3 Å². The SMILES string of the molecule is CCCCCCCOc1ccc(CCC2(COP(=O)(OC(C)(C)C)OC(C)(C)C)COC(C)=N2)cc1C(F)F. The van der Waals surface area contributed by atoms with Crippen molar-refractivity contribution < 1.29 is 36.4 Å². The van der Waals surface area contributed by atoms with Gasteiger partial charge in [0.25, 0.3) is 6.43 Å². The van der Waals surface area contributed by atoms with Gasteiger partial charge >= 0.3 is 7.82 Å². The Bertz CT molecular complexity index is 969. The van der Waals surface area contributed by atoms with Crippen molar-refractivity contribution in [2.75, 3.05) is 19.8 Å². The minimum atomic E-state index is -3.96. The molecule has 39 heavy (non-hydrogen) atoms. The predicted octanol–water partition coefficient (Wildman–Crippen LogP) is 8.85. The van der Waals surface area contributed by atoms with Crippen molar-refractivity contribution in [3.05, 3.63) is 29.3 Å². The van der Waals surface area contributed by atoms with Crippen molar-refractivity contribution >= 4 is 13.7 Å². The standard InChI is InChI=1S/C29H48F2NO6P/c1-9-10-11-12-13-18-34-25-15-14-23(19-24(25)26(30)31)16-17-29(20-35-22(2)32-29)21-36-39(33,37-27(3,4)5)38-28(6,7)8/h14-15,19,26H,9-13,16-18,20-21H2,1-8H3. The second kappa shape index (κ2) is 14.4. The summed E-state index contributed by atoms with van der Waals surface area (Å²) < 4.78 is 70.0. The normalized spacial score (nSPS) is 18.4. The summed E-state index contributed by atoms with van der Waals surface area (Å²) in [6.45, 7) is 15.1. The van der Waals surface area contributed by atoms with Crippen molar-refractivity contribution in [2.24, 2.45) is 4.99 Å². The van der Waals surface area contributed by atoms with Gasteiger partial charge in [0.2, 0.25) is 0 Å². The van der Waals surface area contributed by atoms with E-state index >= 15 is 0 Å². The van der Waals surface area contributed by atoms with Gasteiger partial charge in [0.1, 0.15) is 17.9 Å². The van der Waals surface area contributed by atoms with E-state index in [0.29, 0.717) is 25.3 Å². The van der Waals surface area contributed by atoms with Crippen molar-refractivity contribution in [2.45, 2.75) is 124 Å². The second-order valence-electron chi connectivity index (χ2n) is 12.2. The van der Waals surface area contributed by atoms with Gasteiger partial charge in [0.15, 0.2) is 5.90 Å². The van der Waals surface area contributed by atoms with E-state index in [1.54, 1.807) is 60.6 Å². The minimum Gasteiger partial charge on any atom is -0.493 e. The van der Waals surface area contributed by atoms with Gasteiger partial charge in [0.05, 0.1) is 30.0 Å². The Labute approximate surface area is 233 Å². The lowest BCUT2D eigenvalue weighted by molar-refractivity contribution is -0.00467. The largest absolute Gasteiger partial charge is 0.493 e. The molecule has 7 nitrogen and oxygen atoms in total. The van der Waals surface area contributed by atoms with Gasteiger partial charge in [0, 0.05) is 6.92 Å². The van der Waals surface area contributed by atoms with E-state index in [-0.39, 0.29) is 24.5 Å². The molecular weight excluding hydrogens is 527 g/mol. The summed E-state index contributed by atoms with van der Waals surface area (Å²) in [5, 5.41) is 0. The zero-order chi connectivity index (χ0) is 29.3. The van der Waals surface area contributed by atoms with Crippen molar-refractivity contribution in [3.63, 3.8) is 0 Å². The third-order valence-electron chi connectivity index (χ3n) is 5.90. The van der Waals surface area contributed by atoms with Crippen LogP contribution in [0, 0.1) is 0 Å². The molecule has 1 heterocycles. The highest BCUT2D eigenvalue weighted by Gasteiger charge is 2.43. The lowest BCUT2D eigenvalue weighted by Crippen LogP contribution is -2.36. The minimum absolute atomic E-state index is 0.0747. The first-order valence-electron chi connectivity index (χ1n) is 13.9. The van der Waals surface area contributed by atoms with E-state index in [1.807, 2.05) is 0 Å². The first kappa shape index (κ1) is 33.7. The predicted molar refractivity (Wildman–Crippen MR) is 151 cm³/mol. The van der Waals surface area contributed by atoms with Crippen LogP contribution in [0.3, 0.4) is 0 Å². The highest BCUT2D eigenvalue weighted by Crippen LogP contribution is 2.56. The van der Waals surface area contributed by atoms with E-state index in [9.17, 15) is 13.3 Å². The van der Waals surface area contributed by atoms with Gasteiger partial charge in [-0.1, -0.05) is 38.7 Å². The number of ether oxygens (including phenoxy) is 2. The molecule has 1 aliphatic rings. The number of unbranched alkanes of at least 4 members (excludes halogenated alkanes) is 4. The maximum Gasteiger partial charge on any atom is 0.475 e. The summed E-state index contributed by atoms with van der Waals surface area (Å²) in [5.74, 6) is 0.706. The summed E-state index contributed by atoms with van der Waals surface area (Å²) >= 11 is 0. The van der Waals surface area contributed by atoms with Gasteiger partial charge in [-0.3, -0.25) is 13.6 Å². The number of phosphoric ester groups is 1. The lowest BCUT2D eigenvalue weighted by atomic mass is 9.93. The van der Waals surface area contributed by atoms with Gasteiger partial charge in [-0.2, -0.15) is 0 Å². The summed E-state index contributed by atoms with van der Waals surface area (Å²) in [4.78, 5) is 4.64. The molecule has 0 saturated carbocycles. The van der Waals surface area contributed by atoms with Crippen LogP contribution in [-0.4, -0.2) is 42.5 Å². The molecule has 0 fully saturated rings. The van der Waals surface area contributed by atoms with Gasteiger partial charge in [-0.15, -0.1) is 0 Å². The third-order valence-corrected chi connectivity index (χ3v) is 7.89. The molecule has 0 amide bonds. The number of phosphoric acid groups is 1. The molecule has 2 rings (SSSR count). The monoisotopic (exact) mass is 575 g/mol. The molecule has 0 N–H and O–H groups in total. The lowest BCUT2D eigenvalue weighted by Gasteiger charge is -2.33. The van der Waals surface area contributed by atoms with Gasteiger partial charge in [-0.25, -0.2) is 18.3 Å². The Hall–Kier alpha value is -1.54. The Balaban J connectivity index is 2.12. The average molecular weight is 576 g/mol. The number of halogens is 2. The van der Waals surface area contributed by atoms with E-state index in [0.717, 1.165) is 31.2 Å². The van der Waals surface area contributed by atoms with E-state index in [2.05, 4.69) is 11.9 Å². The molecule has 0 saturated heterocycles. The van der Waals surface area contributed by atoms with Crippen LogP contribution in [0.4, 0.5) is 8.78 Å². The molecule has 0 aromatic heterocycles. The molecule has 224 valence electrons. The highest BCUT2D eigenvalue weighted by atomic mass is 31.2. The first-order chi connectivity index (χ1) is 18.1. The van der Waals surface area contributed by atoms with Crippen molar-refractivity contribution in [1.29, 1.82) is 0 Å². The van der Waals surface area contributed by atoms with Crippen LogP contribution in [0.25, 0.3) is 0 Å². The molecule has 1 unspecified atom stereocenters. The van der Waals surface area contributed by atoms with E-state index in [1.165, 1.54) is 12.5 Å². The Morgan fingerprint density at radius 1 is 1.05 bits per heavy atom. The molecule has 0 radical (unpaired) electrons. The number of nitrogens with zero attached hydrogens (tertiary/aromatic N) is 1. The number of hydrogen-bond acceptors (Lipinski definition) is 7. The molecule has 1 aromatic rings. The summed E-state index contributed by atoms with van der Waals surface area (Å²) in [7, 11) is -3.96. The first-order valence-corrected chi connectivity index (χ1v) is 15.4. The quantitative estimate of drug-likeness (QED) is 0.145. The number of benzene rings is 1. The summed E-state index contributed by atoms with van der Waals surface area (Å²) in [5.41, 5.74) is -1.80. The average Bonchev–Trinajstić information content (AvgIpc) is 3.17. The van der Waals surface area contributed by atoms with E-state index in [4.69, 9.17) is 23.0 Å². The molecule has 0 bridgehead atoms. The smallest absolute Gasteiger partial charge is 0.475 e.